The molecule has 0 atom stereocenters. The van der Waals surface area contributed by atoms with Crippen molar-refractivity contribution in [3.05, 3.63) is 265 Å². The molecule has 11 aromatic carbocycles. The quantitative estimate of drug-likeness (QED) is 0.164. The van der Waals surface area contributed by atoms with Crippen LogP contribution in [-0.2, 0) is 5.41 Å². The van der Waals surface area contributed by atoms with Crippen molar-refractivity contribution in [2.75, 3.05) is 0 Å². The molecule has 0 saturated heterocycles. The van der Waals surface area contributed by atoms with Crippen LogP contribution in [0.3, 0.4) is 0 Å². The lowest BCUT2D eigenvalue weighted by Gasteiger charge is -2.34. The van der Waals surface area contributed by atoms with Gasteiger partial charge in [0.1, 0.15) is 0 Å². The molecule has 2 heteroatoms. The van der Waals surface area contributed by atoms with Gasteiger partial charge in [-0.05, 0) is 121 Å². The second-order valence-electron chi connectivity index (χ2n) is 17.6. The van der Waals surface area contributed by atoms with E-state index in [2.05, 4.69) is 252 Å². The number of rotatable bonds is 5. The van der Waals surface area contributed by atoms with Crippen molar-refractivity contribution in [1.29, 1.82) is 0 Å². The number of benzene rings is 11. The van der Waals surface area contributed by atoms with E-state index in [0.717, 1.165) is 0 Å². The first-order chi connectivity index (χ1) is 32.2. The molecule has 0 N–H and O–H groups in total. The van der Waals surface area contributed by atoms with Crippen LogP contribution >= 0.6 is 0 Å². The molecule has 0 radical (unpaired) electrons. The maximum atomic E-state index is 2.54. The Balaban J connectivity index is 1.05. The molecule has 0 unspecified atom stereocenters. The second-order valence-corrected chi connectivity index (χ2v) is 17.6. The Bertz CT molecular complexity index is 4010. The first-order valence-corrected chi connectivity index (χ1v) is 22.6. The Hall–Kier alpha value is -8.46. The van der Waals surface area contributed by atoms with E-state index >= 15 is 0 Å². The van der Waals surface area contributed by atoms with Crippen LogP contribution in [0.4, 0.5) is 0 Å². The molecule has 2 nitrogen and oxygen atoms in total. The Morgan fingerprint density at radius 3 is 1.62 bits per heavy atom. The summed E-state index contributed by atoms with van der Waals surface area (Å²) in [5.74, 6) is 0. The summed E-state index contributed by atoms with van der Waals surface area (Å²) in [4.78, 5) is 0. The highest BCUT2D eigenvalue weighted by Gasteiger charge is 2.46. The normalized spacial score (nSPS) is 13.0. The number of para-hydroxylation sites is 1. The third-order valence-corrected chi connectivity index (χ3v) is 14.3. The molecule has 0 aliphatic heterocycles. The molecule has 0 bridgehead atoms. The van der Waals surface area contributed by atoms with Gasteiger partial charge in [-0.3, -0.25) is 0 Å². The monoisotopic (exact) mass is 824 g/mol. The predicted octanol–water partition coefficient (Wildman–Crippen LogP) is 16.2. The molecular formula is C63H40N2. The smallest absolute Gasteiger partial charge is 0.0713 e. The van der Waals surface area contributed by atoms with E-state index in [1.54, 1.807) is 0 Å². The topological polar surface area (TPSA) is 9.86 Å². The minimum absolute atomic E-state index is 0.502. The molecule has 0 spiro atoms. The summed E-state index contributed by atoms with van der Waals surface area (Å²) in [7, 11) is 0. The zero-order valence-corrected chi connectivity index (χ0v) is 35.5. The lowest BCUT2D eigenvalue weighted by atomic mass is 9.67. The molecule has 0 saturated carbocycles. The van der Waals surface area contributed by atoms with E-state index < -0.39 is 5.41 Å². The van der Waals surface area contributed by atoms with Gasteiger partial charge < -0.3 is 9.13 Å². The van der Waals surface area contributed by atoms with E-state index in [0.29, 0.717) is 0 Å². The van der Waals surface area contributed by atoms with Crippen LogP contribution < -0.4 is 0 Å². The van der Waals surface area contributed by atoms with E-state index in [-0.39, 0.29) is 0 Å². The van der Waals surface area contributed by atoms with Crippen molar-refractivity contribution in [2.24, 2.45) is 0 Å². The van der Waals surface area contributed by atoms with Gasteiger partial charge in [-0.15, -0.1) is 0 Å². The average Bonchev–Trinajstić information content (AvgIpc) is 3.99. The van der Waals surface area contributed by atoms with E-state index in [4.69, 9.17) is 0 Å². The van der Waals surface area contributed by atoms with E-state index in [1.165, 1.54) is 121 Å². The summed E-state index contributed by atoms with van der Waals surface area (Å²) >= 11 is 0. The standard InChI is InChI=1S/C63H40N2/c1-3-20-46(21-4-1)63(47-22-5-2-6-23-47)56-27-13-11-25-50(56)52-40-62-55(39-57(52)63)54-38-45(32-35-61(54)65(62)58-29-15-19-42-17-9-10-24-49(42)58)44-31-34-60-53(37-44)51-26-12-14-28-59(51)64(60)48-33-30-41-16-7-8-18-43(41)36-48/h1-40H. The molecule has 2 heterocycles. The van der Waals surface area contributed by atoms with Crippen LogP contribution in [0.25, 0.3) is 98.8 Å². The van der Waals surface area contributed by atoms with Gasteiger partial charge in [-0.2, -0.15) is 0 Å². The highest BCUT2D eigenvalue weighted by Crippen LogP contribution is 2.57. The minimum Gasteiger partial charge on any atom is -0.309 e. The summed E-state index contributed by atoms with van der Waals surface area (Å²) in [5, 5.41) is 9.92. The molecule has 14 rings (SSSR count). The van der Waals surface area contributed by atoms with Gasteiger partial charge in [0.2, 0.25) is 0 Å². The van der Waals surface area contributed by atoms with Crippen molar-refractivity contribution in [1.82, 2.24) is 9.13 Å². The van der Waals surface area contributed by atoms with Gasteiger partial charge in [0.05, 0.1) is 33.2 Å². The Labute approximate surface area is 376 Å². The molecule has 302 valence electrons. The van der Waals surface area contributed by atoms with Crippen LogP contribution in [0.2, 0.25) is 0 Å². The van der Waals surface area contributed by atoms with Crippen molar-refractivity contribution < 1.29 is 0 Å². The van der Waals surface area contributed by atoms with Gasteiger partial charge in [-0.1, -0.05) is 182 Å². The third kappa shape index (κ3) is 5.11. The molecule has 1 aliphatic carbocycles. The lowest BCUT2D eigenvalue weighted by molar-refractivity contribution is 0.769. The summed E-state index contributed by atoms with van der Waals surface area (Å²) < 4.78 is 4.94. The highest BCUT2D eigenvalue weighted by molar-refractivity contribution is 6.15. The first kappa shape index (κ1) is 36.1. The fraction of sp³-hybridized carbons (Fsp3) is 0.0159. The number of hydrogen-bond donors (Lipinski definition) is 0. The maximum Gasteiger partial charge on any atom is 0.0713 e. The fourth-order valence-electron chi connectivity index (χ4n) is 11.5. The van der Waals surface area contributed by atoms with Crippen molar-refractivity contribution in [3.8, 4) is 33.6 Å². The van der Waals surface area contributed by atoms with Crippen LogP contribution in [0.5, 0.6) is 0 Å². The Kier molecular flexibility index (Phi) is 7.64. The number of fused-ring (bicyclic) bond motifs is 11. The second kappa shape index (κ2) is 13.8. The van der Waals surface area contributed by atoms with Gasteiger partial charge in [0, 0.05) is 32.6 Å². The summed E-state index contributed by atoms with van der Waals surface area (Å²) in [5.41, 5.74) is 16.8. The highest BCUT2D eigenvalue weighted by atomic mass is 15.0. The summed E-state index contributed by atoms with van der Waals surface area (Å²) in [6, 6.07) is 90.3. The molecule has 1 aliphatic rings. The minimum atomic E-state index is -0.502. The third-order valence-electron chi connectivity index (χ3n) is 14.3. The van der Waals surface area contributed by atoms with Crippen molar-refractivity contribution in [2.45, 2.75) is 5.41 Å². The molecule has 65 heavy (non-hydrogen) atoms. The SMILES string of the molecule is c1ccc(C2(c3ccccc3)c3ccccc3-c3cc4c(cc32)c2cc(-c3ccc5c(c3)c3ccccc3n5-c3ccc5ccccc5c3)ccc2n4-c2cccc3ccccc23)cc1. The number of aromatic nitrogens is 2. The Morgan fingerprint density at radius 1 is 0.277 bits per heavy atom. The fourth-order valence-corrected chi connectivity index (χ4v) is 11.5. The zero-order chi connectivity index (χ0) is 42.6. The van der Waals surface area contributed by atoms with Gasteiger partial charge >= 0.3 is 0 Å². The first-order valence-electron chi connectivity index (χ1n) is 22.6. The van der Waals surface area contributed by atoms with Gasteiger partial charge in [0.25, 0.3) is 0 Å². The summed E-state index contributed by atoms with van der Waals surface area (Å²) in [6.45, 7) is 0. The van der Waals surface area contributed by atoms with Crippen LogP contribution in [0.1, 0.15) is 22.3 Å². The molecule has 2 aromatic heterocycles. The van der Waals surface area contributed by atoms with E-state index in [1.807, 2.05) is 0 Å². The van der Waals surface area contributed by atoms with E-state index in [9.17, 15) is 0 Å². The molecule has 13 aromatic rings. The predicted molar refractivity (Wildman–Crippen MR) is 273 cm³/mol. The molecule has 0 fully saturated rings. The zero-order valence-electron chi connectivity index (χ0n) is 35.5. The molecular weight excluding hydrogens is 785 g/mol. The Morgan fingerprint density at radius 2 is 0.846 bits per heavy atom. The van der Waals surface area contributed by atoms with Crippen molar-refractivity contribution in [3.63, 3.8) is 0 Å². The summed E-state index contributed by atoms with van der Waals surface area (Å²) in [6.07, 6.45) is 0. The lowest BCUT2D eigenvalue weighted by Crippen LogP contribution is -2.28. The van der Waals surface area contributed by atoms with Crippen LogP contribution in [0, 0.1) is 0 Å². The number of hydrogen-bond acceptors (Lipinski definition) is 0. The van der Waals surface area contributed by atoms with Crippen LogP contribution in [-0.4, -0.2) is 9.13 Å². The van der Waals surface area contributed by atoms with Gasteiger partial charge in [-0.25, -0.2) is 0 Å². The number of nitrogens with zero attached hydrogens (tertiary/aromatic N) is 2. The largest absolute Gasteiger partial charge is 0.309 e. The van der Waals surface area contributed by atoms with Gasteiger partial charge in [0.15, 0.2) is 0 Å². The average molecular weight is 825 g/mol. The van der Waals surface area contributed by atoms with Crippen LogP contribution in [0.15, 0.2) is 243 Å². The maximum absolute atomic E-state index is 2.54. The molecule has 0 amide bonds. The van der Waals surface area contributed by atoms with Crippen molar-refractivity contribution >= 4 is 65.2 Å².